The first-order valence-corrected chi connectivity index (χ1v) is 6.70. The molecule has 1 aromatic carbocycles. The molecule has 3 N–H and O–H groups in total. The van der Waals surface area contributed by atoms with Gasteiger partial charge in [-0.25, -0.2) is 21.9 Å². The number of alkyl halides is 4. The number of sulfonamides is 1. The highest BCUT2D eigenvalue weighted by Crippen LogP contribution is 2.29. The monoisotopic (exact) mass is 316 g/mol. The molecule has 0 saturated carbocycles. The Bertz CT molecular complexity index is 578. The number of rotatable bonds is 6. The lowest BCUT2D eigenvalue weighted by Crippen LogP contribution is -2.34. The molecular formula is C10H12F4N2O3S. The molecule has 0 bridgehead atoms. The molecule has 0 heterocycles. The molecule has 1 rings (SSSR count). The van der Waals surface area contributed by atoms with Crippen molar-refractivity contribution < 1.29 is 30.7 Å². The summed E-state index contributed by atoms with van der Waals surface area (Å²) in [6, 6.07) is 3.19. The zero-order valence-electron chi connectivity index (χ0n) is 10.2. The molecule has 5 nitrogen and oxygen atoms in total. The van der Waals surface area contributed by atoms with Crippen LogP contribution in [0.5, 0.6) is 5.75 Å². The zero-order chi connectivity index (χ0) is 15.6. The predicted octanol–water partition coefficient (Wildman–Crippen LogP) is 1.46. The van der Waals surface area contributed by atoms with Gasteiger partial charge in [-0.3, -0.25) is 0 Å². The highest BCUT2D eigenvalue weighted by molar-refractivity contribution is 7.89. The summed E-state index contributed by atoms with van der Waals surface area (Å²) in [6.07, 6.45) is -3.92. The minimum atomic E-state index is -4.39. The average Bonchev–Trinajstić information content (AvgIpc) is 2.37. The van der Waals surface area contributed by atoms with Crippen LogP contribution in [0.1, 0.15) is 0 Å². The van der Waals surface area contributed by atoms with Crippen LogP contribution in [0.4, 0.5) is 23.2 Å². The van der Waals surface area contributed by atoms with Crippen LogP contribution in [-0.2, 0) is 10.0 Å². The summed E-state index contributed by atoms with van der Waals surface area (Å²) >= 11 is 0. The average molecular weight is 316 g/mol. The lowest BCUT2D eigenvalue weighted by Gasteiger charge is -2.17. The summed E-state index contributed by atoms with van der Waals surface area (Å²) in [5, 5.41) is 0. The minimum absolute atomic E-state index is 0.0480. The Kier molecular flexibility index (Phi) is 4.81. The number of hydrogen-bond acceptors (Lipinski definition) is 4. The fourth-order valence-electron chi connectivity index (χ4n) is 1.20. The molecule has 0 radical (unpaired) electrons. The van der Waals surface area contributed by atoms with E-state index in [-0.39, 0.29) is 5.69 Å². The summed E-state index contributed by atoms with van der Waals surface area (Å²) in [5.41, 5.74) is 5.44. The maximum Gasteiger partial charge on any atom is 0.340 e. The third-order valence-corrected chi connectivity index (χ3v) is 3.70. The van der Waals surface area contributed by atoms with Gasteiger partial charge in [-0.15, -0.1) is 0 Å². The van der Waals surface area contributed by atoms with E-state index < -0.39 is 39.6 Å². The number of nitrogen functional groups attached to an aromatic ring is 1. The van der Waals surface area contributed by atoms with Gasteiger partial charge in [0.05, 0.1) is 0 Å². The van der Waals surface area contributed by atoms with Crippen molar-refractivity contribution in [3.05, 3.63) is 18.2 Å². The van der Waals surface area contributed by atoms with E-state index in [1.54, 1.807) is 0 Å². The molecule has 20 heavy (non-hydrogen) atoms. The molecular weight excluding hydrogens is 304 g/mol. The van der Waals surface area contributed by atoms with Gasteiger partial charge in [0.1, 0.15) is 10.6 Å². The fourth-order valence-corrected chi connectivity index (χ4v) is 2.10. The molecule has 0 unspecified atom stereocenters. The van der Waals surface area contributed by atoms with Gasteiger partial charge in [-0.2, -0.15) is 8.78 Å². The molecule has 0 aliphatic rings. The number of hydrogen-bond donors (Lipinski definition) is 2. The SMILES string of the molecule is CNS(=O)(=O)c1cc(N)ccc1OCC(F)(F)C(F)F. The molecule has 0 saturated heterocycles. The van der Waals surface area contributed by atoms with Crippen molar-refractivity contribution in [3.63, 3.8) is 0 Å². The highest BCUT2D eigenvalue weighted by Gasteiger charge is 2.42. The highest BCUT2D eigenvalue weighted by atomic mass is 32.2. The lowest BCUT2D eigenvalue weighted by atomic mass is 10.3. The van der Waals surface area contributed by atoms with Gasteiger partial charge >= 0.3 is 12.3 Å². The van der Waals surface area contributed by atoms with Crippen LogP contribution < -0.4 is 15.2 Å². The number of halogens is 4. The topological polar surface area (TPSA) is 81.4 Å². The molecule has 0 spiro atoms. The number of nitrogens with two attached hydrogens (primary N) is 1. The summed E-state index contributed by atoms with van der Waals surface area (Å²) in [4.78, 5) is -0.509. The van der Waals surface area contributed by atoms with E-state index in [2.05, 4.69) is 4.74 Å². The number of ether oxygens (including phenoxy) is 1. The van der Waals surface area contributed by atoms with Gasteiger partial charge in [-0.05, 0) is 25.2 Å². The second kappa shape index (κ2) is 5.83. The van der Waals surface area contributed by atoms with Crippen molar-refractivity contribution >= 4 is 15.7 Å². The second-order valence-electron chi connectivity index (χ2n) is 3.76. The van der Waals surface area contributed by atoms with Crippen LogP contribution in [0.15, 0.2) is 23.1 Å². The van der Waals surface area contributed by atoms with E-state index in [1.165, 1.54) is 6.07 Å². The van der Waals surface area contributed by atoms with E-state index >= 15 is 0 Å². The van der Waals surface area contributed by atoms with Crippen LogP contribution in [0, 0.1) is 0 Å². The summed E-state index contributed by atoms with van der Waals surface area (Å²) < 4.78 is 79.3. The van der Waals surface area contributed by atoms with Gasteiger partial charge < -0.3 is 10.5 Å². The third-order valence-electron chi connectivity index (χ3n) is 2.27. The van der Waals surface area contributed by atoms with Crippen LogP contribution in [0.2, 0.25) is 0 Å². The van der Waals surface area contributed by atoms with Gasteiger partial charge in [0, 0.05) is 5.69 Å². The first-order valence-electron chi connectivity index (χ1n) is 5.22. The molecule has 0 atom stereocenters. The molecule has 0 aromatic heterocycles. The van der Waals surface area contributed by atoms with Gasteiger partial charge in [-0.1, -0.05) is 0 Å². The molecule has 1 aromatic rings. The lowest BCUT2D eigenvalue weighted by molar-refractivity contribution is -0.148. The van der Waals surface area contributed by atoms with Crippen LogP contribution in [0.3, 0.4) is 0 Å². The first kappa shape index (κ1) is 16.5. The van der Waals surface area contributed by atoms with E-state index in [9.17, 15) is 26.0 Å². The third kappa shape index (κ3) is 3.73. The largest absolute Gasteiger partial charge is 0.486 e. The first-order chi connectivity index (χ1) is 9.10. The maximum absolute atomic E-state index is 12.8. The normalized spacial score (nSPS) is 12.7. The van der Waals surface area contributed by atoms with E-state index in [0.29, 0.717) is 0 Å². The van der Waals surface area contributed by atoms with Crippen LogP contribution in [-0.4, -0.2) is 34.4 Å². The smallest absolute Gasteiger partial charge is 0.340 e. The Labute approximate surface area is 112 Å². The second-order valence-corrected chi connectivity index (χ2v) is 5.62. The molecule has 0 fully saturated rings. The van der Waals surface area contributed by atoms with Gasteiger partial charge in [0.2, 0.25) is 10.0 Å². The predicted molar refractivity (Wildman–Crippen MR) is 63.5 cm³/mol. The Balaban J connectivity index is 3.08. The molecule has 10 heteroatoms. The Morgan fingerprint density at radius 2 is 2.00 bits per heavy atom. The van der Waals surface area contributed by atoms with Crippen molar-refractivity contribution in [2.75, 3.05) is 19.4 Å². The molecule has 0 amide bonds. The maximum atomic E-state index is 12.8. The summed E-state index contributed by atoms with van der Waals surface area (Å²) in [6.45, 7) is -1.65. The van der Waals surface area contributed by atoms with E-state index in [1.807, 2.05) is 4.72 Å². The Morgan fingerprint density at radius 3 is 2.50 bits per heavy atom. The molecule has 114 valence electrons. The standard InChI is InChI=1S/C10H12F4N2O3S/c1-16-20(17,18)8-4-6(15)2-3-7(8)19-5-10(13,14)9(11)12/h2-4,9,16H,5,15H2,1H3. The van der Waals surface area contributed by atoms with E-state index in [4.69, 9.17) is 5.73 Å². The summed E-state index contributed by atoms with van der Waals surface area (Å²) in [7, 11) is -2.93. The molecule has 0 aliphatic carbocycles. The number of nitrogens with one attached hydrogen (secondary N) is 1. The fraction of sp³-hybridized carbons (Fsp3) is 0.400. The van der Waals surface area contributed by atoms with Crippen molar-refractivity contribution in [1.29, 1.82) is 0 Å². The van der Waals surface area contributed by atoms with Crippen molar-refractivity contribution in [3.8, 4) is 5.75 Å². The van der Waals surface area contributed by atoms with Crippen molar-refractivity contribution in [2.24, 2.45) is 0 Å². The van der Waals surface area contributed by atoms with Crippen LogP contribution in [0.25, 0.3) is 0 Å². The Hall–Kier alpha value is -1.55. The summed E-state index contributed by atoms with van der Waals surface area (Å²) in [5.74, 6) is -4.88. The quantitative estimate of drug-likeness (QED) is 0.615. The number of anilines is 1. The minimum Gasteiger partial charge on any atom is -0.486 e. The van der Waals surface area contributed by atoms with Gasteiger partial charge in [0.25, 0.3) is 0 Å². The molecule has 0 aliphatic heterocycles. The number of benzene rings is 1. The Morgan fingerprint density at radius 1 is 1.40 bits per heavy atom. The van der Waals surface area contributed by atoms with E-state index in [0.717, 1.165) is 19.2 Å². The zero-order valence-corrected chi connectivity index (χ0v) is 11.1. The van der Waals surface area contributed by atoms with Crippen molar-refractivity contribution in [2.45, 2.75) is 17.2 Å². The van der Waals surface area contributed by atoms with Gasteiger partial charge in [0.15, 0.2) is 6.61 Å². The van der Waals surface area contributed by atoms with Crippen molar-refractivity contribution in [1.82, 2.24) is 4.72 Å². The van der Waals surface area contributed by atoms with Crippen LogP contribution >= 0.6 is 0 Å².